The lowest BCUT2D eigenvalue weighted by Crippen LogP contribution is -2.33. The number of halogens is 2. The molecule has 2 aromatic heterocycles. The van der Waals surface area contributed by atoms with Gasteiger partial charge in [0, 0.05) is 40.0 Å². The molecule has 1 aliphatic heterocycles. The molecule has 1 N–H and O–H groups in total. The Morgan fingerprint density at radius 1 is 1.07 bits per heavy atom. The highest BCUT2D eigenvalue weighted by atomic mass is 35.5. The van der Waals surface area contributed by atoms with Crippen LogP contribution in [0.1, 0.15) is 47.2 Å². The van der Waals surface area contributed by atoms with Gasteiger partial charge in [-0.3, -0.25) is 9.58 Å². The quantitative estimate of drug-likeness (QED) is 0.504. The summed E-state index contributed by atoms with van der Waals surface area (Å²) in [5.74, 6) is 1.03. The van der Waals surface area contributed by atoms with Crippen molar-refractivity contribution in [2.45, 2.75) is 45.8 Å². The number of hydrogen-bond donors (Lipinski definition) is 1. The zero-order chi connectivity index (χ0) is 21.1. The van der Waals surface area contributed by atoms with Crippen LogP contribution in [0.3, 0.4) is 0 Å². The van der Waals surface area contributed by atoms with Crippen LogP contribution in [-0.4, -0.2) is 34.3 Å². The van der Waals surface area contributed by atoms with Crippen LogP contribution in [0.15, 0.2) is 41.0 Å². The molecule has 160 valence electrons. The first-order valence-corrected chi connectivity index (χ1v) is 11.2. The van der Waals surface area contributed by atoms with Gasteiger partial charge in [0.15, 0.2) is 0 Å². The highest BCUT2D eigenvalue weighted by Gasteiger charge is 2.25. The summed E-state index contributed by atoms with van der Waals surface area (Å²) in [6.07, 6.45) is 4.27. The van der Waals surface area contributed by atoms with Crippen molar-refractivity contribution in [2.75, 3.05) is 19.6 Å². The summed E-state index contributed by atoms with van der Waals surface area (Å²) >= 11 is 12.7. The molecule has 0 radical (unpaired) electrons. The van der Waals surface area contributed by atoms with Gasteiger partial charge in [0.2, 0.25) is 0 Å². The van der Waals surface area contributed by atoms with Gasteiger partial charge in [-0.05, 0) is 64.0 Å². The molecular weight excluding hydrogens is 419 g/mol. The lowest BCUT2D eigenvalue weighted by molar-refractivity contribution is 0.209. The van der Waals surface area contributed by atoms with Crippen molar-refractivity contribution in [3.8, 4) is 0 Å². The second-order valence-electron chi connectivity index (χ2n) is 7.91. The van der Waals surface area contributed by atoms with E-state index in [1.165, 1.54) is 18.4 Å². The number of aryl methyl sites for hydroxylation is 1. The first kappa shape index (κ1) is 21.4. The maximum Gasteiger partial charge on any atom is 0.122 e. The van der Waals surface area contributed by atoms with Gasteiger partial charge in [-0.1, -0.05) is 29.3 Å². The second kappa shape index (κ2) is 9.56. The summed E-state index contributed by atoms with van der Waals surface area (Å²) in [5.41, 5.74) is 4.28. The van der Waals surface area contributed by atoms with Crippen LogP contribution in [0.5, 0.6) is 0 Å². The van der Waals surface area contributed by atoms with Gasteiger partial charge < -0.3 is 9.73 Å². The van der Waals surface area contributed by atoms with Crippen molar-refractivity contribution in [1.29, 1.82) is 0 Å². The molecule has 4 rings (SSSR count). The lowest BCUT2D eigenvalue weighted by Gasteiger charge is -2.26. The molecule has 0 saturated carbocycles. The molecular formula is C23H28Cl2N4O. The Morgan fingerprint density at radius 3 is 2.47 bits per heavy atom. The molecule has 30 heavy (non-hydrogen) atoms. The molecule has 3 heterocycles. The molecule has 0 spiro atoms. The van der Waals surface area contributed by atoms with Crippen molar-refractivity contribution < 1.29 is 4.42 Å². The summed E-state index contributed by atoms with van der Waals surface area (Å²) in [6.45, 7) is 8.58. The Hall–Kier alpha value is -1.79. The fourth-order valence-corrected chi connectivity index (χ4v) is 4.77. The van der Waals surface area contributed by atoms with Crippen LogP contribution >= 0.6 is 23.2 Å². The molecule has 0 unspecified atom stereocenters. The van der Waals surface area contributed by atoms with Gasteiger partial charge >= 0.3 is 0 Å². The molecule has 5 nitrogen and oxygen atoms in total. The molecule has 0 amide bonds. The van der Waals surface area contributed by atoms with Crippen LogP contribution in [-0.2, 0) is 13.1 Å². The molecule has 1 saturated heterocycles. The molecule has 7 heteroatoms. The monoisotopic (exact) mass is 446 g/mol. The zero-order valence-electron chi connectivity index (χ0n) is 17.5. The van der Waals surface area contributed by atoms with Gasteiger partial charge in [0.05, 0.1) is 24.5 Å². The minimum absolute atomic E-state index is 0.264. The molecule has 3 aromatic rings. The number of furan rings is 1. The number of aromatic nitrogens is 2. The van der Waals surface area contributed by atoms with Crippen molar-refractivity contribution >= 4 is 23.2 Å². The molecule has 1 atom stereocenters. The third-order valence-corrected chi connectivity index (χ3v) is 6.70. The Bertz CT molecular complexity index is 957. The van der Waals surface area contributed by atoms with E-state index in [0.717, 1.165) is 48.9 Å². The minimum atomic E-state index is 0.264. The van der Waals surface area contributed by atoms with Gasteiger partial charge in [-0.25, -0.2) is 0 Å². The van der Waals surface area contributed by atoms with Gasteiger partial charge in [-0.15, -0.1) is 0 Å². The summed E-state index contributed by atoms with van der Waals surface area (Å²) < 4.78 is 7.72. The average molecular weight is 447 g/mol. The number of hydrogen-bond acceptors (Lipinski definition) is 4. The third-order valence-electron chi connectivity index (χ3n) is 5.99. The molecule has 0 aliphatic carbocycles. The number of likely N-dealkylation sites (tertiary alicyclic amines) is 1. The summed E-state index contributed by atoms with van der Waals surface area (Å²) in [4.78, 5) is 2.51. The topological polar surface area (TPSA) is 46.2 Å². The summed E-state index contributed by atoms with van der Waals surface area (Å²) in [7, 11) is 0. The third kappa shape index (κ3) is 4.59. The predicted molar refractivity (Wildman–Crippen MR) is 121 cm³/mol. The van der Waals surface area contributed by atoms with E-state index in [4.69, 9.17) is 32.7 Å². The van der Waals surface area contributed by atoms with E-state index in [-0.39, 0.29) is 6.04 Å². The van der Waals surface area contributed by atoms with E-state index in [0.29, 0.717) is 16.6 Å². The Labute approximate surface area is 188 Å². The maximum absolute atomic E-state index is 6.36. The summed E-state index contributed by atoms with van der Waals surface area (Å²) in [5, 5.41) is 9.72. The van der Waals surface area contributed by atoms with E-state index < -0.39 is 0 Å². The number of rotatable bonds is 8. The van der Waals surface area contributed by atoms with Gasteiger partial charge in [-0.2, -0.15) is 5.10 Å². The second-order valence-corrected chi connectivity index (χ2v) is 8.73. The fraction of sp³-hybridized carbons (Fsp3) is 0.435. The van der Waals surface area contributed by atoms with Crippen LogP contribution < -0.4 is 5.32 Å². The van der Waals surface area contributed by atoms with Gasteiger partial charge in [0.1, 0.15) is 5.76 Å². The zero-order valence-corrected chi connectivity index (χ0v) is 19.0. The average Bonchev–Trinajstić information content (AvgIpc) is 3.47. The van der Waals surface area contributed by atoms with E-state index in [1.54, 1.807) is 6.26 Å². The SMILES string of the molecule is Cc1nn(Cc2c(Cl)cccc2Cl)c(C)c1CNC[C@H](c1ccco1)N1CCCC1. The molecule has 1 aliphatic rings. The smallest absolute Gasteiger partial charge is 0.122 e. The van der Waals surface area contributed by atoms with Crippen LogP contribution in [0.25, 0.3) is 0 Å². The Morgan fingerprint density at radius 2 is 1.80 bits per heavy atom. The lowest BCUT2D eigenvalue weighted by atomic mass is 10.1. The summed E-state index contributed by atoms with van der Waals surface area (Å²) in [6, 6.07) is 9.90. The Kier molecular flexibility index (Phi) is 6.84. The van der Waals surface area contributed by atoms with Crippen molar-refractivity contribution in [3.05, 3.63) is 74.9 Å². The number of nitrogens with zero attached hydrogens (tertiary/aromatic N) is 3. The van der Waals surface area contributed by atoms with Crippen molar-refractivity contribution in [3.63, 3.8) is 0 Å². The van der Waals surface area contributed by atoms with Gasteiger partial charge in [0.25, 0.3) is 0 Å². The predicted octanol–water partition coefficient (Wildman–Crippen LogP) is 5.37. The Balaban J connectivity index is 1.45. The van der Waals surface area contributed by atoms with E-state index in [9.17, 15) is 0 Å². The maximum atomic E-state index is 6.36. The minimum Gasteiger partial charge on any atom is -0.468 e. The molecule has 1 aromatic carbocycles. The van der Waals surface area contributed by atoms with E-state index in [2.05, 4.69) is 30.1 Å². The normalized spacial score (nSPS) is 15.7. The fourth-order valence-electron chi connectivity index (χ4n) is 4.25. The number of benzene rings is 1. The highest BCUT2D eigenvalue weighted by molar-refractivity contribution is 6.35. The van der Waals surface area contributed by atoms with E-state index in [1.807, 2.05) is 28.9 Å². The molecule has 1 fully saturated rings. The molecule has 0 bridgehead atoms. The first-order chi connectivity index (χ1) is 14.5. The van der Waals surface area contributed by atoms with Crippen LogP contribution in [0, 0.1) is 13.8 Å². The highest BCUT2D eigenvalue weighted by Crippen LogP contribution is 2.27. The van der Waals surface area contributed by atoms with Crippen molar-refractivity contribution in [1.82, 2.24) is 20.0 Å². The first-order valence-electron chi connectivity index (χ1n) is 10.5. The van der Waals surface area contributed by atoms with Crippen molar-refractivity contribution in [2.24, 2.45) is 0 Å². The van der Waals surface area contributed by atoms with E-state index >= 15 is 0 Å². The van der Waals surface area contributed by atoms with Crippen LogP contribution in [0.2, 0.25) is 10.0 Å². The standard InChI is InChI=1S/C23H28Cl2N4O/c1-16-18(17(2)29(27-16)15-19-20(24)7-5-8-21(19)25)13-26-14-22(23-9-6-12-30-23)28-10-3-4-11-28/h5-9,12,22,26H,3-4,10-11,13-15H2,1-2H3/t22-/m1/s1. The largest absolute Gasteiger partial charge is 0.468 e. The van der Waals surface area contributed by atoms with Crippen LogP contribution in [0.4, 0.5) is 0 Å². The number of nitrogens with one attached hydrogen (secondary N) is 1.